The summed E-state index contributed by atoms with van der Waals surface area (Å²) in [6.07, 6.45) is 0. The first-order valence-corrected chi connectivity index (χ1v) is 19.2. The molecule has 48 heavy (non-hydrogen) atoms. The van der Waals surface area contributed by atoms with Crippen molar-refractivity contribution in [3.63, 3.8) is 0 Å². The Morgan fingerprint density at radius 1 is 0.354 bits per heavy atom. The third kappa shape index (κ3) is 8.34. The molecule has 0 atom stereocenters. The zero-order valence-electron chi connectivity index (χ0n) is 34.7. The maximum atomic E-state index is 6.27. The van der Waals surface area contributed by atoms with Crippen molar-refractivity contribution in [3.8, 4) is 11.5 Å². The first-order chi connectivity index (χ1) is 21.4. The van der Waals surface area contributed by atoms with E-state index in [4.69, 9.17) is 9.47 Å². The molecule has 0 saturated heterocycles. The normalized spacial score (nSPS) is 13.7. The van der Waals surface area contributed by atoms with Crippen molar-refractivity contribution in [3.05, 3.63) is 75.3 Å². The number of hydrogen-bond acceptors (Lipinski definition) is 2. The second kappa shape index (κ2) is 13.1. The molecule has 0 amide bonds. The molecule has 3 heteroatoms. The largest absolute Gasteiger partial charge is 0.496 e. The van der Waals surface area contributed by atoms with Gasteiger partial charge in [0.2, 0.25) is 0 Å². The highest BCUT2D eigenvalue weighted by Gasteiger charge is 2.34. The molecule has 266 valence electrons. The van der Waals surface area contributed by atoms with Crippen LogP contribution in [-0.4, -0.2) is 14.2 Å². The zero-order chi connectivity index (χ0) is 37.2. The standard InChI is InChI=1S/C45H69O2P/c1-28-32(40(2,3)4)22-29(23-33(28)41(5,6)7)48(30-24-34(42(8,9)10)38(46-20)35(25-30)43(11,12)13)31-26-36(44(14,15)16)39(47-21)37(27-31)45(17,18)19/h22-27H,1-21H3. The van der Waals surface area contributed by atoms with Gasteiger partial charge in [-0.3, -0.25) is 0 Å². The average molecular weight is 673 g/mol. The van der Waals surface area contributed by atoms with E-state index in [1.165, 1.54) is 54.9 Å². The van der Waals surface area contributed by atoms with Crippen LogP contribution in [0.1, 0.15) is 164 Å². The summed E-state index contributed by atoms with van der Waals surface area (Å²) in [6, 6.07) is 15.0. The Morgan fingerprint density at radius 2 is 0.542 bits per heavy atom. The fourth-order valence-electron chi connectivity index (χ4n) is 6.99. The Labute approximate surface area is 297 Å². The molecule has 0 bridgehead atoms. The second-order valence-electron chi connectivity index (χ2n) is 20.1. The lowest BCUT2D eigenvalue weighted by Gasteiger charge is -2.35. The van der Waals surface area contributed by atoms with E-state index >= 15 is 0 Å². The summed E-state index contributed by atoms with van der Waals surface area (Å²) >= 11 is 0. The number of hydrogen-bond donors (Lipinski definition) is 0. The summed E-state index contributed by atoms with van der Waals surface area (Å²) in [4.78, 5) is 0. The second-order valence-corrected chi connectivity index (χ2v) is 22.4. The van der Waals surface area contributed by atoms with E-state index in [9.17, 15) is 0 Å². The number of ether oxygens (including phenoxy) is 2. The van der Waals surface area contributed by atoms with Gasteiger partial charge in [-0.15, -0.1) is 0 Å². The maximum Gasteiger partial charge on any atom is 0.126 e. The molecule has 3 aromatic carbocycles. The SMILES string of the molecule is COc1c(C(C)(C)C)cc(P(c2cc(C(C)(C)C)c(C)c(C(C)(C)C)c2)c2cc(C(C)(C)C)c(OC)c(C(C)(C)C)c2)cc1C(C)(C)C. The lowest BCUT2D eigenvalue weighted by Crippen LogP contribution is -2.31. The molecule has 3 rings (SSSR count). The van der Waals surface area contributed by atoms with Gasteiger partial charge in [0.25, 0.3) is 0 Å². The Balaban J connectivity index is 2.76. The van der Waals surface area contributed by atoms with Gasteiger partial charge in [0.15, 0.2) is 0 Å². The van der Waals surface area contributed by atoms with E-state index in [1.54, 1.807) is 0 Å². The molecule has 0 aliphatic carbocycles. The Morgan fingerprint density at radius 3 is 0.708 bits per heavy atom. The predicted molar refractivity (Wildman–Crippen MR) is 215 cm³/mol. The van der Waals surface area contributed by atoms with Crippen molar-refractivity contribution in [1.82, 2.24) is 0 Å². The lowest BCUT2D eigenvalue weighted by molar-refractivity contribution is 0.381. The van der Waals surface area contributed by atoms with Gasteiger partial charge in [0.05, 0.1) is 14.2 Å². The van der Waals surface area contributed by atoms with Crippen LogP contribution in [0.2, 0.25) is 0 Å². The van der Waals surface area contributed by atoms with Crippen molar-refractivity contribution in [2.75, 3.05) is 14.2 Å². The molecule has 0 aliphatic rings. The Bertz CT molecular complexity index is 1440. The molecule has 0 aliphatic heterocycles. The molecule has 0 saturated carbocycles. The van der Waals surface area contributed by atoms with Gasteiger partial charge in [-0.2, -0.15) is 0 Å². The molecule has 2 nitrogen and oxygen atoms in total. The van der Waals surface area contributed by atoms with Crippen LogP contribution in [0, 0.1) is 6.92 Å². The van der Waals surface area contributed by atoms with Crippen LogP contribution in [0.3, 0.4) is 0 Å². The number of methoxy groups -OCH3 is 2. The summed E-state index contributed by atoms with van der Waals surface area (Å²) < 4.78 is 12.5. The van der Waals surface area contributed by atoms with E-state index in [0.29, 0.717) is 0 Å². The van der Waals surface area contributed by atoms with Crippen molar-refractivity contribution >= 4 is 23.8 Å². The minimum atomic E-state index is -0.984. The van der Waals surface area contributed by atoms with Crippen LogP contribution < -0.4 is 25.4 Å². The van der Waals surface area contributed by atoms with Crippen LogP contribution in [0.4, 0.5) is 0 Å². The highest BCUT2D eigenvalue weighted by atomic mass is 31.1. The molecule has 0 N–H and O–H groups in total. The fourth-order valence-corrected chi connectivity index (χ4v) is 9.43. The van der Waals surface area contributed by atoms with Crippen molar-refractivity contribution in [2.45, 2.75) is 164 Å². The minimum Gasteiger partial charge on any atom is -0.496 e. The van der Waals surface area contributed by atoms with E-state index in [1.807, 2.05) is 14.2 Å². The first-order valence-electron chi connectivity index (χ1n) is 17.9. The molecular formula is C45H69O2P. The highest BCUT2D eigenvalue weighted by molar-refractivity contribution is 7.79. The Kier molecular flexibility index (Phi) is 11.0. The Hall–Kier alpha value is -2.31. The zero-order valence-corrected chi connectivity index (χ0v) is 35.6. The third-order valence-electron chi connectivity index (χ3n) is 9.57. The van der Waals surface area contributed by atoms with E-state index in [0.717, 1.165) is 11.5 Å². The summed E-state index contributed by atoms with van der Waals surface area (Å²) in [7, 11) is 2.69. The molecule has 0 unspecified atom stereocenters. The van der Waals surface area contributed by atoms with Gasteiger partial charge >= 0.3 is 0 Å². The summed E-state index contributed by atoms with van der Waals surface area (Å²) in [5.74, 6) is 2.03. The quantitative estimate of drug-likeness (QED) is 0.251. The van der Waals surface area contributed by atoms with Gasteiger partial charge in [0, 0.05) is 22.3 Å². The summed E-state index contributed by atoms with van der Waals surface area (Å²) in [6.45, 7) is 44.3. The molecule has 0 aromatic heterocycles. The first kappa shape index (κ1) is 40.1. The maximum absolute atomic E-state index is 6.27. The van der Waals surface area contributed by atoms with Crippen LogP contribution in [0.15, 0.2) is 36.4 Å². The predicted octanol–water partition coefficient (Wildman–Crippen LogP) is 11.6. The summed E-state index contributed by atoms with van der Waals surface area (Å²) in [5, 5.41) is 4.14. The molecule has 0 fully saturated rings. The van der Waals surface area contributed by atoms with Gasteiger partial charge in [-0.25, -0.2) is 0 Å². The average Bonchev–Trinajstić information content (AvgIpc) is 2.89. The molecular weight excluding hydrogens is 603 g/mol. The van der Waals surface area contributed by atoms with Gasteiger partial charge in [-0.05, 0) is 116 Å². The van der Waals surface area contributed by atoms with Gasteiger partial charge < -0.3 is 9.47 Å². The van der Waals surface area contributed by atoms with Crippen LogP contribution in [-0.2, 0) is 32.5 Å². The molecule has 0 heterocycles. The van der Waals surface area contributed by atoms with E-state index < -0.39 is 7.92 Å². The van der Waals surface area contributed by atoms with Crippen molar-refractivity contribution in [2.24, 2.45) is 0 Å². The van der Waals surface area contributed by atoms with Crippen molar-refractivity contribution < 1.29 is 9.47 Å². The number of benzene rings is 3. The van der Waals surface area contributed by atoms with Gasteiger partial charge in [-0.1, -0.05) is 125 Å². The highest BCUT2D eigenvalue weighted by Crippen LogP contribution is 2.47. The minimum absolute atomic E-state index is 0.00118. The third-order valence-corrected chi connectivity index (χ3v) is 11.9. The molecule has 0 radical (unpaired) electrons. The van der Waals surface area contributed by atoms with Crippen LogP contribution >= 0.6 is 7.92 Å². The van der Waals surface area contributed by atoms with Crippen LogP contribution in [0.25, 0.3) is 0 Å². The fraction of sp³-hybridized carbons (Fsp3) is 0.600. The molecule has 3 aromatic rings. The van der Waals surface area contributed by atoms with E-state index in [2.05, 4.69) is 168 Å². The number of rotatable bonds is 5. The monoisotopic (exact) mass is 673 g/mol. The van der Waals surface area contributed by atoms with Gasteiger partial charge in [0.1, 0.15) is 11.5 Å². The topological polar surface area (TPSA) is 18.5 Å². The smallest absolute Gasteiger partial charge is 0.126 e. The van der Waals surface area contributed by atoms with E-state index in [-0.39, 0.29) is 32.5 Å². The van der Waals surface area contributed by atoms with Crippen molar-refractivity contribution in [1.29, 1.82) is 0 Å². The molecule has 0 spiro atoms. The van der Waals surface area contributed by atoms with Crippen LogP contribution in [0.5, 0.6) is 11.5 Å². The lowest BCUT2D eigenvalue weighted by atomic mass is 9.77. The summed E-state index contributed by atoms with van der Waals surface area (Å²) in [5.41, 5.74) is 8.92.